The first-order chi connectivity index (χ1) is 7.29. The number of hydrogen-bond donors (Lipinski definition) is 3. The summed E-state index contributed by atoms with van der Waals surface area (Å²) in [6, 6.07) is -0.729. The first-order valence-electron chi connectivity index (χ1n) is 5.25. The second kappa shape index (κ2) is 4.80. The highest BCUT2D eigenvalue weighted by Crippen LogP contribution is 2.08. The van der Waals surface area contributed by atoms with Crippen molar-refractivity contribution in [2.75, 3.05) is 6.54 Å². The molecule has 2 atom stereocenters. The molecule has 1 saturated heterocycles. The maximum atomic E-state index is 11.5. The third-order valence-electron chi connectivity index (χ3n) is 2.10. The van der Waals surface area contributed by atoms with Crippen LogP contribution in [0.2, 0.25) is 0 Å². The summed E-state index contributed by atoms with van der Waals surface area (Å²) in [5.41, 5.74) is -0.647. The van der Waals surface area contributed by atoms with Crippen LogP contribution in [-0.2, 0) is 9.53 Å². The second-order valence-corrected chi connectivity index (χ2v) is 4.78. The van der Waals surface area contributed by atoms with Gasteiger partial charge in [-0.3, -0.25) is 10.1 Å². The normalized spacial score (nSPS) is 25.2. The van der Waals surface area contributed by atoms with E-state index in [4.69, 9.17) is 4.74 Å². The van der Waals surface area contributed by atoms with E-state index < -0.39 is 29.7 Å². The fourth-order valence-corrected chi connectivity index (χ4v) is 1.44. The van der Waals surface area contributed by atoms with Crippen molar-refractivity contribution in [2.45, 2.75) is 44.9 Å². The van der Waals surface area contributed by atoms with E-state index in [0.29, 0.717) is 13.0 Å². The monoisotopic (exact) mass is 230 g/mol. The van der Waals surface area contributed by atoms with Gasteiger partial charge in [-0.05, 0) is 33.7 Å². The molecule has 0 saturated carbocycles. The molecule has 1 heterocycles. The van der Waals surface area contributed by atoms with Crippen molar-refractivity contribution in [3.63, 3.8) is 0 Å². The Balaban J connectivity index is 2.42. The van der Waals surface area contributed by atoms with Gasteiger partial charge in [-0.1, -0.05) is 0 Å². The molecule has 1 rings (SSSR count). The molecule has 0 bridgehead atoms. The number of nitrogens with one attached hydrogen (secondary N) is 2. The molecule has 3 N–H and O–H groups in total. The summed E-state index contributed by atoms with van der Waals surface area (Å²) < 4.78 is 4.92. The summed E-state index contributed by atoms with van der Waals surface area (Å²) in [4.78, 5) is 22.8. The highest BCUT2D eigenvalue weighted by molar-refractivity contribution is 5.95. The van der Waals surface area contributed by atoms with E-state index >= 15 is 0 Å². The second-order valence-electron chi connectivity index (χ2n) is 4.78. The van der Waals surface area contributed by atoms with E-state index in [1.807, 2.05) is 0 Å². The first kappa shape index (κ1) is 12.9. The van der Waals surface area contributed by atoms with E-state index in [0.717, 1.165) is 0 Å². The number of hydrogen-bond acceptors (Lipinski definition) is 5. The SMILES string of the molecule is CC(C)(C)OC(=O)NC(=O)[C@H]1NCC[C@@H]1O. The molecule has 0 aromatic heterocycles. The topological polar surface area (TPSA) is 87.7 Å². The molecule has 1 fully saturated rings. The van der Waals surface area contributed by atoms with Crippen molar-refractivity contribution in [3.05, 3.63) is 0 Å². The van der Waals surface area contributed by atoms with Gasteiger partial charge in [0.1, 0.15) is 11.6 Å². The molecule has 1 aliphatic heterocycles. The average Bonchev–Trinajstić information content (AvgIpc) is 2.47. The lowest BCUT2D eigenvalue weighted by molar-refractivity contribution is -0.124. The number of amides is 2. The number of imide groups is 1. The summed E-state index contributed by atoms with van der Waals surface area (Å²) in [6.45, 7) is 5.69. The van der Waals surface area contributed by atoms with Crippen molar-refractivity contribution in [1.82, 2.24) is 10.6 Å². The number of aliphatic hydroxyl groups is 1. The largest absolute Gasteiger partial charge is 0.444 e. The van der Waals surface area contributed by atoms with Crippen LogP contribution in [0.1, 0.15) is 27.2 Å². The maximum absolute atomic E-state index is 11.5. The van der Waals surface area contributed by atoms with Gasteiger partial charge in [-0.25, -0.2) is 4.79 Å². The number of rotatable bonds is 1. The first-order valence-corrected chi connectivity index (χ1v) is 5.25. The van der Waals surface area contributed by atoms with Crippen molar-refractivity contribution < 1.29 is 19.4 Å². The Labute approximate surface area is 94.3 Å². The molecule has 6 heteroatoms. The number of carbonyl (C=O) groups excluding carboxylic acids is 2. The maximum Gasteiger partial charge on any atom is 0.414 e. The molecule has 0 spiro atoms. The minimum absolute atomic E-state index is 0.506. The number of alkyl carbamates (subject to hydrolysis) is 1. The Morgan fingerprint density at radius 3 is 2.50 bits per heavy atom. The summed E-state index contributed by atoms with van der Waals surface area (Å²) >= 11 is 0. The van der Waals surface area contributed by atoms with Gasteiger partial charge < -0.3 is 15.2 Å². The summed E-state index contributed by atoms with van der Waals surface area (Å²) in [5, 5.41) is 14.3. The van der Waals surface area contributed by atoms with Crippen LogP contribution in [0.3, 0.4) is 0 Å². The highest BCUT2D eigenvalue weighted by Gasteiger charge is 2.32. The molecule has 92 valence electrons. The molecule has 0 radical (unpaired) electrons. The van der Waals surface area contributed by atoms with E-state index in [-0.39, 0.29) is 0 Å². The fourth-order valence-electron chi connectivity index (χ4n) is 1.44. The van der Waals surface area contributed by atoms with E-state index in [1.54, 1.807) is 20.8 Å². The zero-order valence-corrected chi connectivity index (χ0v) is 9.74. The predicted octanol–water partition coefficient (Wildman–Crippen LogP) is -0.240. The van der Waals surface area contributed by atoms with E-state index in [9.17, 15) is 14.7 Å². The number of ether oxygens (including phenoxy) is 1. The van der Waals surface area contributed by atoms with Crippen LogP contribution in [-0.4, -0.2) is 41.4 Å². The van der Waals surface area contributed by atoms with Crippen LogP contribution < -0.4 is 10.6 Å². The Kier molecular flexibility index (Phi) is 3.88. The van der Waals surface area contributed by atoms with Gasteiger partial charge in [0, 0.05) is 0 Å². The third-order valence-corrected chi connectivity index (χ3v) is 2.10. The average molecular weight is 230 g/mol. The molecular formula is C10H18N2O4. The Hall–Kier alpha value is -1.14. The van der Waals surface area contributed by atoms with Crippen LogP contribution in [0, 0.1) is 0 Å². The van der Waals surface area contributed by atoms with Gasteiger partial charge in [0.25, 0.3) is 0 Å². The van der Waals surface area contributed by atoms with Crippen molar-refractivity contribution >= 4 is 12.0 Å². The van der Waals surface area contributed by atoms with Crippen LogP contribution in [0.4, 0.5) is 4.79 Å². The van der Waals surface area contributed by atoms with Gasteiger partial charge in [0.2, 0.25) is 5.91 Å². The molecule has 0 aromatic rings. The third kappa shape index (κ3) is 3.79. The highest BCUT2D eigenvalue weighted by atomic mass is 16.6. The smallest absolute Gasteiger partial charge is 0.414 e. The molecule has 0 aliphatic carbocycles. The van der Waals surface area contributed by atoms with E-state index in [2.05, 4.69) is 10.6 Å². The van der Waals surface area contributed by atoms with Gasteiger partial charge in [0.05, 0.1) is 6.10 Å². The molecule has 6 nitrogen and oxygen atoms in total. The van der Waals surface area contributed by atoms with Crippen LogP contribution in [0.15, 0.2) is 0 Å². The molecule has 1 aliphatic rings. The minimum atomic E-state index is -0.793. The zero-order chi connectivity index (χ0) is 12.3. The standard InChI is InChI=1S/C10H18N2O4/c1-10(2,3)16-9(15)12-8(14)7-6(13)4-5-11-7/h6-7,11,13H,4-5H2,1-3H3,(H,12,14,15)/t6-,7-/m0/s1. The van der Waals surface area contributed by atoms with Crippen LogP contribution >= 0.6 is 0 Å². The predicted molar refractivity (Wildman–Crippen MR) is 56.8 cm³/mol. The Morgan fingerprint density at radius 1 is 1.44 bits per heavy atom. The summed E-state index contributed by atoms with van der Waals surface area (Å²) in [7, 11) is 0. The summed E-state index contributed by atoms with van der Waals surface area (Å²) in [6.07, 6.45) is -1.03. The minimum Gasteiger partial charge on any atom is -0.444 e. The lowest BCUT2D eigenvalue weighted by Crippen LogP contribution is -2.48. The summed E-state index contributed by atoms with van der Waals surface area (Å²) in [5.74, 6) is -0.556. The van der Waals surface area contributed by atoms with Crippen LogP contribution in [0.25, 0.3) is 0 Å². The molecule has 0 aromatic carbocycles. The molecular weight excluding hydrogens is 212 g/mol. The molecule has 0 unspecified atom stereocenters. The van der Waals surface area contributed by atoms with Gasteiger partial charge in [0.15, 0.2) is 0 Å². The molecule has 2 amide bonds. The molecule has 16 heavy (non-hydrogen) atoms. The van der Waals surface area contributed by atoms with E-state index in [1.165, 1.54) is 0 Å². The number of carbonyl (C=O) groups is 2. The van der Waals surface area contributed by atoms with Crippen molar-refractivity contribution in [3.8, 4) is 0 Å². The Bertz CT molecular complexity index is 285. The lowest BCUT2D eigenvalue weighted by atomic mass is 10.1. The van der Waals surface area contributed by atoms with Gasteiger partial charge in [-0.15, -0.1) is 0 Å². The van der Waals surface area contributed by atoms with Gasteiger partial charge >= 0.3 is 6.09 Å². The lowest BCUT2D eigenvalue weighted by Gasteiger charge is -2.20. The Morgan fingerprint density at radius 2 is 2.06 bits per heavy atom. The van der Waals surface area contributed by atoms with Crippen LogP contribution in [0.5, 0.6) is 0 Å². The quantitative estimate of drug-likeness (QED) is 0.578. The van der Waals surface area contributed by atoms with Crippen molar-refractivity contribution in [1.29, 1.82) is 0 Å². The van der Waals surface area contributed by atoms with Crippen molar-refractivity contribution in [2.24, 2.45) is 0 Å². The number of aliphatic hydroxyl groups excluding tert-OH is 1. The zero-order valence-electron chi connectivity index (χ0n) is 9.74. The van der Waals surface area contributed by atoms with Gasteiger partial charge in [-0.2, -0.15) is 0 Å². The fraction of sp³-hybridized carbons (Fsp3) is 0.800.